The summed E-state index contributed by atoms with van der Waals surface area (Å²) in [6, 6.07) is 73.7. The number of hydrogen-bond donors (Lipinski definition) is 0. The molecule has 0 saturated heterocycles. The second kappa shape index (κ2) is 14.9. The van der Waals surface area contributed by atoms with Crippen LogP contribution in [0.3, 0.4) is 0 Å². The Balaban J connectivity index is 0.949. The molecule has 0 spiro atoms. The van der Waals surface area contributed by atoms with Gasteiger partial charge >= 0.3 is 0 Å². The molecule has 8 aromatic carbocycles. The smallest absolute Gasteiger partial charge is 0.0494 e. The van der Waals surface area contributed by atoms with E-state index >= 15 is 0 Å². The van der Waals surface area contributed by atoms with Crippen molar-refractivity contribution >= 4 is 38.9 Å². The summed E-state index contributed by atoms with van der Waals surface area (Å²) >= 11 is 0. The van der Waals surface area contributed by atoms with E-state index < -0.39 is 0 Å². The van der Waals surface area contributed by atoms with Crippen molar-refractivity contribution in [3.05, 3.63) is 200 Å². The second-order valence-corrected chi connectivity index (χ2v) is 15.2. The normalized spacial score (nSPS) is 13.3. The van der Waals surface area contributed by atoms with Crippen LogP contribution < -0.4 is 4.90 Å². The van der Waals surface area contributed by atoms with Gasteiger partial charge in [-0.25, -0.2) is 0 Å². The van der Waals surface area contributed by atoms with E-state index in [-0.39, 0.29) is 0 Å². The number of fused-ring (bicyclic) bond motifs is 3. The molecule has 1 heterocycles. The van der Waals surface area contributed by atoms with E-state index in [9.17, 15) is 0 Å². The van der Waals surface area contributed by atoms with Crippen molar-refractivity contribution in [2.75, 3.05) is 4.90 Å². The number of rotatable bonds is 8. The van der Waals surface area contributed by atoms with E-state index in [4.69, 9.17) is 0 Å². The molecule has 2 nitrogen and oxygen atoms in total. The minimum atomic E-state index is 0.591. The van der Waals surface area contributed by atoms with Crippen LogP contribution in [-0.4, -0.2) is 4.57 Å². The Kier molecular flexibility index (Phi) is 9.01. The lowest BCUT2D eigenvalue weighted by molar-refractivity contribution is 0.367. The Morgan fingerprint density at radius 2 is 0.786 bits per heavy atom. The van der Waals surface area contributed by atoms with Gasteiger partial charge in [-0.2, -0.15) is 0 Å². The molecule has 10 rings (SSSR count). The Morgan fingerprint density at radius 1 is 0.339 bits per heavy atom. The minimum Gasteiger partial charge on any atom is -0.337 e. The molecule has 1 aliphatic rings. The van der Waals surface area contributed by atoms with Gasteiger partial charge in [-0.05, 0) is 112 Å². The van der Waals surface area contributed by atoms with Gasteiger partial charge in [0.15, 0.2) is 0 Å². The Morgan fingerprint density at radius 3 is 1.45 bits per heavy atom. The van der Waals surface area contributed by atoms with E-state index in [1.807, 2.05) is 0 Å². The van der Waals surface area contributed by atoms with Crippen molar-refractivity contribution in [1.82, 2.24) is 4.57 Å². The first kappa shape index (κ1) is 33.9. The third-order valence-corrected chi connectivity index (χ3v) is 11.8. The van der Waals surface area contributed by atoms with Gasteiger partial charge in [-0.15, -0.1) is 0 Å². The predicted octanol–water partition coefficient (Wildman–Crippen LogP) is 15.4. The molecule has 0 atom stereocenters. The van der Waals surface area contributed by atoms with Crippen LogP contribution in [0.25, 0.3) is 66.3 Å². The van der Waals surface area contributed by atoms with Gasteiger partial charge in [-0.1, -0.05) is 165 Å². The maximum absolute atomic E-state index is 2.64. The lowest BCUT2D eigenvalue weighted by Crippen LogP contribution is -2.12. The zero-order chi connectivity index (χ0) is 37.3. The zero-order valence-corrected chi connectivity index (χ0v) is 31.6. The molecule has 2 heteroatoms. The highest BCUT2D eigenvalue weighted by Crippen LogP contribution is 2.41. The zero-order valence-electron chi connectivity index (χ0n) is 31.6. The Labute approximate surface area is 330 Å². The van der Waals surface area contributed by atoms with Crippen LogP contribution in [0.1, 0.15) is 38.1 Å². The van der Waals surface area contributed by atoms with E-state index in [0.717, 1.165) is 17.1 Å². The van der Waals surface area contributed by atoms with E-state index in [1.165, 1.54) is 98.4 Å². The minimum absolute atomic E-state index is 0.591. The molecule has 1 fully saturated rings. The molecule has 56 heavy (non-hydrogen) atoms. The summed E-state index contributed by atoms with van der Waals surface area (Å²) in [6.07, 6.45) is 6.57. The van der Waals surface area contributed by atoms with Gasteiger partial charge in [0, 0.05) is 44.9 Å². The van der Waals surface area contributed by atoms with E-state index in [0.29, 0.717) is 6.04 Å². The number of nitrogens with zero attached hydrogens (tertiary/aromatic N) is 2. The number of hydrogen-bond acceptors (Lipinski definition) is 1. The summed E-state index contributed by atoms with van der Waals surface area (Å²) in [4.78, 5) is 2.33. The number of para-hydroxylation sites is 2. The van der Waals surface area contributed by atoms with Crippen LogP contribution in [-0.2, 0) is 0 Å². The summed E-state index contributed by atoms with van der Waals surface area (Å²) in [6.45, 7) is 0. The summed E-state index contributed by atoms with van der Waals surface area (Å²) in [5, 5.41) is 2.72. The van der Waals surface area contributed by atoms with E-state index in [1.54, 1.807) is 0 Å². The highest BCUT2D eigenvalue weighted by molar-refractivity contribution is 6.09. The van der Waals surface area contributed by atoms with Crippen LogP contribution in [0.15, 0.2) is 200 Å². The first-order chi connectivity index (χ1) is 27.8. The molecule has 270 valence electrons. The molecule has 9 aromatic rings. The molecule has 1 saturated carbocycles. The number of aromatic nitrogens is 1. The number of anilines is 3. The van der Waals surface area contributed by atoms with Crippen molar-refractivity contribution in [3.8, 4) is 44.5 Å². The standard InChI is InChI=1S/C54H44N2/c1-4-14-39(15-5-1)40-28-33-47(34-29-40)55(45-16-6-2-7-17-45)48-35-30-43(31-36-48)50-21-11-10-20-49(50)42-26-24-41(25-27-42)44-32-37-54-52(38-44)51-22-12-13-23-53(51)56(54)46-18-8-3-9-19-46/h1-2,4-7,10-17,20-38,46H,3,8-9,18-19H2. The van der Waals surface area contributed by atoms with Crippen molar-refractivity contribution < 1.29 is 0 Å². The topological polar surface area (TPSA) is 8.17 Å². The van der Waals surface area contributed by atoms with Crippen molar-refractivity contribution in [3.63, 3.8) is 0 Å². The van der Waals surface area contributed by atoms with Gasteiger partial charge in [-0.3, -0.25) is 0 Å². The number of benzene rings is 8. The molecule has 1 aliphatic carbocycles. The average molecular weight is 721 g/mol. The SMILES string of the molecule is c1ccc(-c2ccc(N(c3ccccc3)c3ccc(-c4ccccc4-c4ccc(-c5ccc6c(c5)c5ccccc5n6C5CCCCC5)cc4)cc3)cc2)cc1. The predicted molar refractivity (Wildman–Crippen MR) is 238 cm³/mol. The molecule has 0 amide bonds. The first-order valence-electron chi connectivity index (χ1n) is 20.1. The fourth-order valence-electron chi connectivity index (χ4n) is 8.99. The highest BCUT2D eigenvalue weighted by Gasteiger charge is 2.21. The Bertz CT molecular complexity index is 2740. The maximum Gasteiger partial charge on any atom is 0.0494 e. The molecule has 1 aromatic heterocycles. The lowest BCUT2D eigenvalue weighted by Gasteiger charge is -2.26. The van der Waals surface area contributed by atoms with Gasteiger partial charge in [0.05, 0.1) is 0 Å². The Hall–Kier alpha value is -6.64. The fraction of sp³-hybridized carbons (Fsp3) is 0.111. The molecule has 0 unspecified atom stereocenters. The maximum atomic E-state index is 2.64. The molecular weight excluding hydrogens is 677 g/mol. The van der Waals surface area contributed by atoms with Crippen molar-refractivity contribution in [2.45, 2.75) is 38.1 Å². The quantitative estimate of drug-likeness (QED) is 0.152. The summed E-state index contributed by atoms with van der Waals surface area (Å²) in [5.41, 5.74) is 15.9. The molecule has 0 aliphatic heterocycles. The van der Waals surface area contributed by atoms with Crippen LogP contribution in [0.2, 0.25) is 0 Å². The molecule has 0 bridgehead atoms. The highest BCUT2D eigenvalue weighted by atomic mass is 15.1. The third kappa shape index (κ3) is 6.37. The summed E-state index contributed by atoms with van der Waals surface area (Å²) in [5.74, 6) is 0. The van der Waals surface area contributed by atoms with Crippen LogP contribution in [0, 0.1) is 0 Å². The van der Waals surface area contributed by atoms with Gasteiger partial charge in [0.2, 0.25) is 0 Å². The van der Waals surface area contributed by atoms with Crippen LogP contribution >= 0.6 is 0 Å². The average Bonchev–Trinajstić information content (AvgIpc) is 3.62. The van der Waals surface area contributed by atoms with E-state index in [2.05, 4.69) is 210 Å². The van der Waals surface area contributed by atoms with Gasteiger partial charge in [0.25, 0.3) is 0 Å². The summed E-state index contributed by atoms with van der Waals surface area (Å²) in [7, 11) is 0. The molecular formula is C54H44N2. The molecule has 0 N–H and O–H groups in total. The molecule has 0 radical (unpaired) electrons. The van der Waals surface area contributed by atoms with Crippen LogP contribution in [0.4, 0.5) is 17.1 Å². The summed E-state index contributed by atoms with van der Waals surface area (Å²) < 4.78 is 2.64. The third-order valence-electron chi connectivity index (χ3n) is 11.8. The lowest BCUT2D eigenvalue weighted by atomic mass is 9.93. The van der Waals surface area contributed by atoms with Crippen LogP contribution in [0.5, 0.6) is 0 Å². The van der Waals surface area contributed by atoms with Crippen molar-refractivity contribution in [2.24, 2.45) is 0 Å². The largest absolute Gasteiger partial charge is 0.337 e. The second-order valence-electron chi connectivity index (χ2n) is 15.2. The van der Waals surface area contributed by atoms with Gasteiger partial charge < -0.3 is 9.47 Å². The van der Waals surface area contributed by atoms with Gasteiger partial charge in [0.1, 0.15) is 0 Å². The monoisotopic (exact) mass is 720 g/mol. The van der Waals surface area contributed by atoms with Crippen molar-refractivity contribution in [1.29, 1.82) is 0 Å². The first-order valence-corrected chi connectivity index (χ1v) is 20.1. The fourth-order valence-corrected chi connectivity index (χ4v) is 8.99.